The van der Waals surface area contributed by atoms with Crippen LogP contribution >= 0.6 is 15.9 Å². The van der Waals surface area contributed by atoms with Gasteiger partial charge in [0.05, 0.1) is 6.10 Å². The Balaban J connectivity index is 2.13. The molecule has 1 aliphatic rings. The predicted molar refractivity (Wildman–Crippen MR) is 69.5 cm³/mol. The van der Waals surface area contributed by atoms with Crippen molar-refractivity contribution in [2.24, 2.45) is 0 Å². The van der Waals surface area contributed by atoms with Gasteiger partial charge in [0, 0.05) is 22.7 Å². The van der Waals surface area contributed by atoms with E-state index >= 15 is 0 Å². The summed E-state index contributed by atoms with van der Waals surface area (Å²) in [5, 5.41) is 3.17. The summed E-state index contributed by atoms with van der Waals surface area (Å²) in [6, 6.07) is 5.07. The molecule has 0 amide bonds. The molecule has 1 N–H and O–H groups in total. The third-order valence-corrected chi connectivity index (χ3v) is 3.70. The largest absolute Gasteiger partial charge is 0.378 e. The van der Waals surface area contributed by atoms with Gasteiger partial charge in [-0.3, -0.25) is 0 Å². The van der Waals surface area contributed by atoms with E-state index in [2.05, 4.69) is 21.2 Å². The van der Waals surface area contributed by atoms with Crippen LogP contribution in [0.3, 0.4) is 0 Å². The minimum Gasteiger partial charge on any atom is -0.378 e. The van der Waals surface area contributed by atoms with Gasteiger partial charge < -0.3 is 10.1 Å². The molecule has 2 unspecified atom stereocenters. The van der Waals surface area contributed by atoms with Gasteiger partial charge in [0.15, 0.2) is 0 Å². The van der Waals surface area contributed by atoms with Gasteiger partial charge in [-0.2, -0.15) is 0 Å². The molecular weight excluding hydrogens is 285 g/mol. The van der Waals surface area contributed by atoms with Gasteiger partial charge in [-0.25, -0.2) is 4.39 Å². The molecule has 0 aliphatic carbocycles. The number of hydrogen-bond acceptors (Lipinski definition) is 2. The molecule has 17 heavy (non-hydrogen) atoms. The average Bonchev–Trinajstić information content (AvgIpc) is 2.82. The Labute approximate surface area is 110 Å². The maximum atomic E-state index is 13.8. The first-order chi connectivity index (χ1) is 8.20. The summed E-state index contributed by atoms with van der Waals surface area (Å²) < 4.78 is 20.3. The summed E-state index contributed by atoms with van der Waals surface area (Å²) in [6.07, 6.45) is 3.27. The van der Waals surface area contributed by atoms with Gasteiger partial charge in [-0.1, -0.05) is 15.9 Å². The van der Waals surface area contributed by atoms with Crippen LogP contribution in [0.25, 0.3) is 0 Å². The molecule has 0 saturated carbocycles. The number of hydrogen-bond donors (Lipinski definition) is 1. The Morgan fingerprint density at radius 2 is 2.41 bits per heavy atom. The van der Waals surface area contributed by atoms with Gasteiger partial charge in [0.25, 0.3) is 0 Å². The van der Waals surface area contributed by atoms with Crippen LogP contribution in [-0.4, -0.2) is 19.8 Å². The van der Waals surface area contributed by atoms with Crippen molar-refractivity contribution in [3.63, 3.8) is 0 Å². The Morgan fingerprint density at radius 3 is 3.06 bits per heavy atom. The van der Waals surface area contributed by atoms with Gasteiger partial charge in [0.1, 0.15) is 5.82 Å². The lowest BCUT2D eigenvalue weighted by atomic mass is 9.99. The molecule has 94 valence electrons. The zero-order valence-electron chi connectivity index (χ0n) is 9.88. The first-order valence-corrected chi connectivity index (χ1v) is 6.74. The molecule has 2 rings (SSSR count). The lowest BCUT2D eigenvalue weighted by molar-refractivity contribution is 0.0950. The van der Waals surface area contributed by atoms with Crippen molar-refractivity contribution >= 4 is 15.9 Å². The lowest BCUT2D eigenvalue weighted by Crippen LogP contribution is -2.23. The van der Waals surface area contributed by atoms with E-state index in [1.807, 2.05) is 13.1 Å². The highest BCUT2D eigenvalue weighted by Gasteiger charge is 2.22. The van der Waals surface area contributed by atoms with Gasteiger partial charge in [0.2, 0.25) is 0 Å². The Hall–Kier alpha value is -0.450. The van der Waals surface area contributed by atoms with Crippen LogP contribution < -0.4 is 5.32 Å². The SMILES string of the molecule is CNC(CC1CCCO1)c1cc(Br)ccc1F. The number of ether oxygens (including phenoxy) is 1. The molecule has 1 heterocycles. The fourth-order valence-corrected chi connectivity index (χ4v) is 2.65. The first kappa shape index (κ1) is 13.0. The molecule has 0 radical (unpaired) electrons. The Morgan fingerprint density at radius 1 is 1.59 bits per heavy atom. The molecule has 0 aromatic heterocycles. The number of rotatable bonds is 4. The molecule has 1 fully saturated rings. The van der Waals surface area contributed by atoms with E-state index in [1.54, 1.807) is 6.07 Å². The van der Waals surface area contributed by atoms with Gasteiger partial charge in [-0.15, -0.1) is 0 Å². The zero-order chi connectivity index (χ0) is 12.3. The highest BCUT2D eigenvalue weighted by Crippen LogP contribution is 2.28. The van der Waals surface area contributed by atoms with Gasteiger partial charge in [-0.05, 0) is 44.5 Å². The Bertz CT molecular complexity index is 380. The quantitative estimate of drug-likeness (QED) is 0.920. The van der Waals surface area contributed by atoms with E-state index in [9.17, 15) is 4.39 Å². The van der Waals surface area contributed by atoms with E-state index in [-0.39, 0.29) is 18.0 Å². The van der Waals surface area contributed by atoms with Crippen LogP contribution in [0.1, 0.15) is 30.9 Å². The normalized spacial score (nSPS) is 21.7. The summed E-state index contributed by atoms with van der Waals surface area (Å²) in [5.74, 6) is -0.162. The highest BCUT2D eigenvalue weighted by atomic mass is 79.9. The van der Waals surface area contributed by atoms with Crippen molar-refractivity contribution in [1.29, 1.82) is 0 Å². The minimum absolute atomic E-state index is 0.00981. The van der Waals surface area contributed by atoms with Crippen LogP contribution in [0.5, 0.6) is 0 Å². The average molecular weight is 302 g/mol. The summed E-state index contributed by atoms with van der Waals surface area (Å²) in [4.78, 5) is 0. The molecule has 2 nitrogen and oxygen atoms in total. The van der Waals surface area contributed by atoms with Crippen molar-refractivity contribution in [2.45, 2.75) is 31.4 Å². The summed E-state index contributed by atoms with van der Waals surface area (Å²) in [6.45, 7) is 0.835. The molecule has 0 spiro atoms. The van der Waals surface area contributed by atoms with Crippen LogP contribution in [0, 0.1) is 5.82 Å². The molecule has 0 bridgehead atoms. The van der Waals surface area contributed by atoms with E-state index in [0.29, 0.717) is 5.56 Å². The number of halogens is 2. The van der Waals surface area contributed by atoms with Crippen molar-refractivity contribution in [1.82, 2.24) is 5.32 Å². The molecule has 2 atom stereocenters. The fraction of sp³-hybridized carbons (Fsp3) is 0.538. The maximum Gasteiger partial charge on any atom is 0.128 e. The second-order valence-electron chi connectivity index (χ2n) is 4.38. The van der Waals surface area contributed by atoms with Crippen LogP contribution in [0.4, 0.5) is 4.39 Å². The third-order valence-electron chi connectivity index (χ3n) is 3.20. The lowest BCUT2D eigenvalue weighted by Gasteiger charge is -2.21. The van der Waals surface area contributed by atoms with Crippen LogP contribution in [-0.2, 0) is 4.74 Å². The van der Waals surface area contributed by atoms with Crippen molar-refractivity contribution in [3.8, 4) is 0 Å². The van der Waals surface area contributed by atoms with E-state index in [0.717, 1.165) is 30.3 Å². The van der Waals surface area contributed by atoms with E-state index in [1.165, 1.54) is 6.07 Å². The predicted octanol–water partition coefficient (Wildman–Crippen LogP) is 3.42. The first-order valence-electron chi connectivity index (χ1n) is 5.94. The second-order valence-corrected chi connectivity index (χ2v) is 5.29. The van der Waals surface area contributed by atoms with Crippen LogP contribution in [0.2, 0.25) is 0 Å². The van der Waals surface area contributed by atoms with Gasteiger partial charge >= 0.3 is 0 Å². The zero-order valence-corrected chi connectivity index (χ0v) is 11.5. The minimum atomic E-state index is -0.162. The van der Waals surface area contributed by atoms with E-state index in [4.69, 9.17) is 4.74 Å². The maximum absolute atomic E-state index is 13.8. The summed E-state index contributed by atoms with van der Waals surface area (Å²) >= 11 is 3.38. The molecule has 1 aromatic rings. The summed E-state index contributed by atoms with van der Waals surface area (Å²) in [5.41, 5.74) is 0.706. The van der Waals surface area contributed by atoms with Crippen molar-refractivity contribution in [2.75, 3.05) is 13.7 Å². The molecule has 4 heteroatoms. The van der Waals surface area contributed by atoms with Crippen LogP contribution in [0.15, 0.2) is 22.7 Å². The molecule has 1 aliphatic heterocycles. The second kappa shape index (κ2) is 5.94. The molecule has 1 saturated heterocycles. The molecule has 1 aromatic carbocycles. The number of benzene rings is 1. The Kier molecular flexibility index (Phi) is 4.54. The fourth-order valence-electron chi connectivity index (χ4n) is 2.28. The monoisotopic (exact) mass is 301 g/mol. The number of nitrogens with one attached hydrogen (secondary N) is 1. The van der Waals surface area contributed by atoms with Crippen molar-refractivity contribution in [3.05, 3.63) is 34.1 Å². The van der Waals surface area contributed by atoms with Crippen molar-refractivity contribution < 1.29 is 9.13 Å². The summed E-state index contributed by atoms with van der Waals surface area (Å²) in [7, 11) is 1.86. The van der Waals surface area contributed by atoms with E-state index < -0.39 is 0 Å². The standard InChI is InChI=1S/C13H17BrFNO/c1-16-13(8-10-3-2-6-17-10)11-7-9(14)4-5-12(11)15/h4-5,7,10,13,16H,2-3,6,8H2,1H3. The smallest absolute Gasteiger partial charge is 0.128 e. The molecular formula is C13H17BrFNO. The highest BCUT2D eigenvalue weighted by molar-refractivity contribution is 9.10. The topological polar surface area (TPSA) is 21.3 Å². The third kappa shape index (κ3) is 3.27.